The van der Waals surface area contributed by atoms with Gasteiger partial charge in [-0.2, -0.15) is 5.10 Å². The van der Waals surface area contributed by atoms with Crippen LogP contribution in [0.5, 0.6) is 5.75 Å². The van der Waals surface area contributed by atoms with Gasteiger partial charge in [-0.15, -0.1) is 0 Å². The van der Waals surface area contributed by atoms with Gasteiger partial charge in [-0.25, -0.2) is 4.98 Å². The van der Waals surface area contributed by atoms with Gasteiger partial charge in [0.05, 0.1) is 11.8 Å². The summed E-state index contributed by atoms with van der Waals surface area (Å²) in [7, 11) is 1.82. The number of aromatic nitrogens is 3. The van der Waals surface area contributed by atoms with E-state index in [-0.39, 0.29) is 12.5 Å². The van der Waals surface area contributed by atoms with E-state index in [0.29, 0.717) is 24.3 Å². The minimum atomic E-state index is -0.196. The van der Waals surface area contributed by atoms with Crippen molar-refractivity contribution in [2.45, 2.75) is 20.0 Å². The van der Waals surface area contributed by atoms with Gasteiger partial charge in [0.15, 0.2) is 5.76 Å². The third-order valence-corrected chi connectivity index (χ3v) is 3.82. The monoisotopic (exact) mass is 340 g/mol. The van der Waals surface area contributed by atoms with Crippen molar-refractivity contribution in [1.29, 1.82) is 0 Å². The summed E-state index contributed by atoms with van der Waals surface area (Å²) in [6, 6.07) is 9.36. The maximum atomic E-state index is 12.3. The number of amides is 1. The summed E-state index contributed by atoms with van der Waals surface area (Å²) < 4.78 is 12.8. The van der Waals surface area contributed by atoms with Gasteiger partial charge in [0.1, 0.15) is 24.5 Å². The number of hydrogen-bond donors (Lipinski definition) is 1. The van der Waals surface area contributed by atoms with Crippen molar-refractivity contribution in [1.82, 2.24) is 20.1 Å². The van der Waals surface area contributed by atoms with Crippen LogP contribution in [-0.4, -0.2) is 27.2 Å². The van der Waals surface area contributed by atoms with E-state index < -0.39 is 0 Å². The van der Waals surface area contributed by atoms with Gasteiger partial charge in [-0.1, -0.05) is 17.7 Å². The van der Waals surface area contributed by atoms with Crippen LogP contribution in [0, 0.1) is 6.92 Å². The largest absolute Gasteiger partial charge is 0.486 e. The minimum absolute atomic E-state index is 0.196. The van der Waals surface area contributed by atoms with Crippen molar-refractivity contribution < 1.29 is 13.9 Å². The zero-order valence-electron chi connectivity index (χ0n) is 14.2. The van der Waals surface area contributed by atoms with E-state index in [9.17, 15) is 4.79 Å². The van der Waals surface area contributed by atoms with Gasteiger partial charge < -0.3 is 14.5 Å². The molecule has 1 amide bonds. The molecule has 7 nitrogen and oxygen atoms in total. The van der Waals surface area contributed by atoms with E-state index in [4.69, 9.17) is 9.15 Å². The SMILES string of the molecule is Cc1ccc(OCc2occc2C(=O)NCCc2ncnn2C)cc1. The lowest BCUT2D eigenvalue weighted by Gasteiger charge is -2.07. The van der Waals surface area contributed by atoms with E-state index in [2.05, 4.69) is 15.4 Å². The predicted molar refractivity (Wildman–Crippen MR) is 91.3 cm³/mol. The molecule has 7 heteroatoms. The molecule has 0 unspecified atom stereocenters. The Balaban J connectivity index is 1.54. The lowest BCUT2D eigenvalue weighted by Crippen LogP contribution is -2.27. The highest BCUT2D eigenvalue weighted by molar-refractivity contribution is 5.95. The van der Waals surface area contributed by atoms with Gasteiger partial charge in [0.25, 0.3) is 5.91 Å². The van der Waals surface area contributed by atoms with Crippen LogP contribution < -0.4 is 10.1 Å². The molecule has 0 bridgehead atoms. The first kappa shape index (κ1) is 16.8. The Hall–Kier alpha value is -3.09. The average molecular weight is 340 g/mol. The molecule has 0 spiro atoms. The maximum Gasteiger partial charge on any atom is 0.254 e. The summed E-state index contributed by atoms with van der Waals surface area (Å²) in [6.07, 6.45) is 3.59. The molecule has 0 atom stereocenters. The molecule has 130 valence electrons. The Labute approximate surface area is 145 Å². The quantitative estimate of drug-likeness (QED) is 0.713. The van der Waals surface area contributed by atoms with E-state index in [1.54, 1.807) is 10.7 Å². The van der Waals surface area contributed by atoms with Crippen LogP contribution in [0.3, 0.4) is 0 Å². The minimum Gasteiger partial charge on any atom is -0.486 e. The number of carbonyl (C=O) groups excluding carboxylic acids is 1. The third kappa shape index (κ3) is 4.26. The van der Waals surface area contributed by atoms with Crippen molar-refractivity contribution in [2.75, 3.05) is 6.54 Å². The summed E-state index contributed by atoms with van der Waals surface area (Å²) in [5.74, 6) is 1.85. The molecule has 1 N–H and O–H groups in total. The van der Waals surface area contributed by atoms with Gasteiger partial charge in [-0.3, -0.25) is 9.48 Å². The number of nitrogens with one attached hydrogen (secondary N) is 1. The summed E-state index contributed by atoms with van der Waals surface area (Å²) in [6.45, 7) is 2.68. The number of nitrogens with zero attached hydrogens (tertiary/aromatic N) is 3. The normalized spacial score (nSPS) is 10.6. The molecule has 0 saturated heterocycles. The Morgan fingerprint density at radius 1 is 1.28 bits per heavy atom. The molecule has 1 aromatic carbocycles. The van der Waals surface area contributed by atoms with Gasteiger partial charge >= 0.3 is 0 Å². The third-order valence-electron chi connectivity index (χ3n) is 3.82. The maximum absolute atomic E-state index is 12.3. The highest BCUT2D eigenvalue weighted by Gasteiger charge is 2.15. The standard InChI is InChI=1S/C18H20N4O3/c1-13-3-5-14(6-4-13)25-11-16-15(8-10-24-16)18(23)19-9-7-17-20-12-21-22(17)2/h3-6,8,10,12H,7,9,11H2,1-2H3,(H,19,23). The fraction of sp³-hybridized carbons (Fsp3) is 0.278. The van der Waals surface area contributed by atoms with Crippen LogP contribution >= 0.6 is 0 Å². The molecular formula is C18H20N4O3. The molecule has 3 rings (SSSR count). The highest BCUT2D eigenvalue weighted by atomic mass is 16.5. The first-order chi connectivity index (χ1) is 12.1. The zero-order valence-corrected chi connectivity index (χ0v) is 14.2. The molecule has 2 aromatic heterocycles. The second-order valence-corrected chi connectivity index (χ2v) is 5.66. The Kier molecular flexibility index (Phi) is 5.13. The van der Waals surface area contributed by atoms with Crippen LogP contribution in [0.25, 0.3) is 0 Å². The second-order valence-electron chi connectivity index (χ2n) is 5.66. The van der Waals surface area contributed by atoms with Crippen LogP contribution in [-0.2, 0) is 20.1 Å². The number of ether oxygens (including phenoxy) is 1. The average Bonchev–Trinajstić information content (AvgIpc) is 3.23. The molecule has 2 heterocycles. The lowest BCUT2D eigenvalue weighted by atomic mass is 10.2. The highest BCUT2D eigenvalue weighted by Crippen LogP contribution is 2.16. The molecule has 0 aliphatic rings. The topological polar surface area (TPSA) is 82.2 Å². The Morgan fingerprint density at radius 3 is 2.80 bits per heavy atom. The second kappa shape index (κ2) is 7.65. The number of rotatable bonds is 7. The smallest absolute Gasteiger partial charge is 0.254 e. The Morgan fingerprint density at radius 2 is 2.08 bits per heavy atom. The fourth-order valence-electron chi connectivity index (χ4n) is 2.37. The van der Waals surface area contributed by atoms with Gasteiger partial charge in [-0.05, 0) is 25.1 Å². The van der Waals surface area contributed by atoms with Gasteiger partial charge in [0, 0.05) is 20.0 Å². The molecule has 0 aliphatic carbocycles. The van der Waals surface area contributed by atoms with Crippen LogP contribution in [0.2, 0.25) is 0 Å². The van der Waals surface area contributed by atoms with E-state index >= 15 is 0 Å². The lowest BCUT2D eigenvalue weighted by molar-refractivity contribution is 0.0949. The van der Waals surface area contributed by atoms with E-state index in [1.807, 2.05) is 38.2 Å². The predicted octanol–water partition coefficient (Wildman–Crippen LogP) is 2.27. The summed E-state index contributed by atoms with van der Waals surface area (Å²) in [5.41, 5.74) is 1.64. The summed E-state index contributed by atoms with van der Waals surface area (Å²) >= 11 is 0. The first-order valence-electron chi connectivity index (χ1n) is 8.00. The molecule has 0 saturated carbocycles. The van der Waals surface area contributed by atoms with E-state index in [0.717, 1.165) is 17.1 Å². The number of benzene rings is 1. The zero-order chi connectivity index (χ0) is 17.6. The number of aryl methyl sites for hydroxylation is 2. The molecule has 0 radical (unpaired) electrons. The van der Waals surface area contributed by atoms with E-state index in [1.165, 1.54) is 12.6 Å². The Bertz CT molecular complexity index is 836. The molecule has 25 heavy (non-hydrogen) atoms. The molecule has 0 aliphatic heterocycles. The van der Waals surface area contributed by atoms with Crippen LogP contribution in [0.1, 0.15) is 27.5 Å². The van der Waals surface area contributed by atoms with Crippen LogP contribution in [0.15, 0.2) is 47.3 Å². The number of carbonyl (C=O) groups is 1. The number of furan rings is 1. The van der Waals surface area contributed by atoms with Crippen molar-refractivity contribution in [2.24, 2.45) is 7.05 Å². The summed E-state index contributed by atoms with van der Waals surface area (Å²) in [4.78, 5) is 16.5. The molecular weight excluding hydrogens is 320 g/mol. The molecule has 0 fully saturated rings. The summed E-state index contributed by atoms with van der Waals surface area (Å²) in [5, 5.41) is 6.86. The molecule has 3 aromatic rings. The van der Waals surface area contributed by atoms with Gasteiger partial charge in [0.2, 0.25) is 0 Å². The van der Waals surface area contributed by atoms with Crippen LogP contribution in [0.4, 0.5) is 0 Å². The number of hydrogen-bond acceptors (Lipinski definition) is 5. The van der Waals surface area contributed by atoms with Crippen molar-refractivity contribution in [3.8, 4) is 5.75 Å². The first-order valence-corrected chi connectivity index (χ1v) is 8.00. The fourth-order valence-corrected chi connectivity index (χ4v) is 2.37. The van der Waals surface area contributed by atoms with Crippen molar-refractivity contribution >= 4 is 5.91 Å². The van der Waals surface area contributed by atoms with Crippen molar-refractivity contribution in [3.63, 3.8) is 0 Å². The van der Waals surface area contributed by atoms with Crippen molar-refractivity contribution in [3.05, 3.63) is 65.6 Å².